The number of hydrogen-bond donors (Lipinski definition) is 2. The van der Waals surface area contributed by atoms with Gasteiger partial charge in [-0.25, -0.2) is 4.98 Å². The summed E-state index contributed by atoms with van der Waals surface area (Å²) in [5.41, 5.74) is 1.40. The Hall–Kier alpha value is -4.43. The number of amides is 1. The first-order chi connectivity index (χ1) is 16.1. The normalized spacial score (nSPS) is 12.9. The van der Waals surface area contributed by atoms with Crippen LogP contribution in [-0.2, 0) is 10.4 Å². The van der Waals surface area contributed by atoms with Gasteiger partial charge in [0.05, 0.1) is 17.4 Å². The predicted octanol–water partition coefficient (Wildman–Crippen LogP) is 3.86. The summed E-state index contributed by atoms with van der Waals surface area (Å²) < 4.78 is 4.90. The van der Waals surface area contributed by atoms with Crippen molar-refractivity contribution in [3.8, 4) is 11.3 Å². The van der Waals surface area contributed by atoms with Gasteiger partial charge in [-0.1, -0.05) is 53.7 Å². The van der Waals surface area contributed by atoms with Crippen LogP contribution in [-0.4, -0.2) is 31.4 Å². The molecule has 1 atom stereocenters. The largest absolute Gasteiger partial charge is 0.370 e. The molecule has 8 nitrogen and oxygen atoms in total. The van der Waals surface area contributed by atoms with Gasteiger partial charge >= 0.3 is 0 Å². The molecule has 0 radical (unpaired) electrons. The number of fused-ring (bicyclic) bond motifs is 1. The average molecular weight is 437 g/mol. The molecule has 1 unspecified atom stereocenters. The first kappa shape index (κ1) is 20.5. The number of nitrogens with one attached hydrogen (secondary N) is 1. The van der Waals surface area contributed by atoms with Gasteiger partial charge in [0.25, 0.3) is 5.91 Å². The number of aliphatic hydroxyl groups is 1. The number of anilines is 1. The highest BCUT2D eigenvalue weighted by molar-refractivity contribution is 6.00. The molecule has 162 valence electrons. The molecule has 5 aromatic rings. The van der Waals surface area contributed by atoms with Crippen molar-refractivity contribution in [3.63, 3.8) is 0 Å². The van der Waals surface area contributed by atoms with E-state index in [-0.39, 0.29) is 11.5 Å². The number of pyridine rings is 1. The molecule has 0 aliphatic carbocycles. The molecule has 0 saturated heterocycles. The number of carbonyl (C=O) groups excluding carboxylic acids is 1. The highest BCUT2D eigenvalue weighted by Gasteiger charge is 2.42. The van der Waals surface area contributed by atoms with Crippen LogP contribution in [0.2, 0.25) is 0 Å². The molecule has 0 saturated carbocycles. The molecule has 0 bridgehead atoms. The lowest BCUT2D eigenvalue weighted by molar-refractivity contribution is -0.131. The Morgan fingerprint density at radius 3 is 2.61 bits per heavy atom. The lowest BCUT2D eigenvalue weighted by atomic mass is 9.89. The molecule has 1 amide bonds. The van der Waals surface area contributed by atoms with Crippen LogP contribution in [0, 0.1) is 6.92 Å². The van der Waals surface area contributed by atoms with Crippen LogP contribution in [0.3, 0.4) is 0 Å². The third-order valence-corrected chi connectivity index (χ3v) is 5.36. The second kappa shape index (κ2) is 8.25. The fourth-order valence-corrected chi connectivity index (χ4v) is 3.76. The first-order valence-corrected chi connectivity index (χ1v) is 10.3. The molecule has 0 aliphatic heterocycles. The molecule has 8 heteroatoms. The first-order valence-electron chi connectivity index (χ1n) is 10.3. The minimum Gasteiger partial charge on any atom is -0.370 e. The number of carbonyl (C=O) groups is 1. The maximum atomic E-state index is 13.4. The van der Waals surface area contributed by atoms with E-state index in [2.05, 4.69) is 25.7 Å². The zero-order chi connectivity index (χ0) is 22.8. The number of nitrogens with zero attached hydrogens (tertiary/aromatic N) is 4. The summed E-state index contributed by atoms with van der Waals surface area (Å²) >= 11 is 0. The van der Waals surface area contributed by atoms with Gasteiger partial charge in [0.15, 0.2) is 0 Å². The van der Waals surface area contributed by atoms with Crippen LogP contribution < -0.4 is 5.32 Å². The van der Waals surface area contributed by atoms with Gasteiger partial charge in [0.1, 0.15) is 17.8 Å². The van der Waals surface area contributed by atoms with Crippen molar-refractivity contribution in [1.29, 1.82) is 0 Å². The number of aromatic nitrogens is 4. The van der Waals surface area contributed by atoms with E-state index in [9.17, 15) is 9.90 Å². The molecule has 2 aromatic carbocycles. The van der Waals surface area contributed by atoms with Crippen LogP contribution in [0.4, 0.5) is 5.82 Å². The summed E-state index contributed by atoms with van der Waals surface area (Å²) in [4.78, 5) is 18.0. The SMILES string of the molecule is Cc1cc(NC(=O)C(O)(c2ccccc2)c2ccon2)nc(-c2cnnc3ccccc23)c1. The highest BCUT2D eigenvalue weighted by Crippen LogP contribution is 2.31. The Morgan fingerprint density at radius 2 is 1.82 bits per heavy atom. The monoisotopic (exact) mass is 437 g/mol. The second-order valence-electron chi connectivity index (χ2n) is 7.61. The maximum absolute atomic E-state index is 13.4. The van der Waals surface area contributed by atoms with Crippen molar-refractivity contribution in [3.05, 3.63) is 102 Å². The van der Waals surface area contributed by atoms with Gasteiger partial charge in [-0.15, -0.1) is 0 Å². The van der Waals surface area contributed by atoms with E-state index in [4.69, 9.17) is 4.52 Å². The van der Waals surface area contributed by atoms with Crippen LogP contribution in [0.15, 0.2) is 89.8 Å². The molecule has 5 rings (SSSR count). The quantitative estimate of drug-likeness (QED) is 0.429. The highest BCUT2D eigenvalue weighted by atomic mass is 16.5. The van der Waals surface area contributed by atoms with E-state index < -0.39 is 11.5 Å². The van der Waals surface area contributed by atoms with E-state index in [0.29, 0.717) is 11.3 Å². The molecular weight excluding hydrogens is 418 g/mol. The Kier molecular flexibility index (Phi) is 5.12. The topological polar surface area (TPSA) is 114 Å². The summed E-state index contributed by atoms with van der Waals surface area (Å²) in [6.45, 7) is 1.90. The van der Waals surface area contributed by atoms with Gasteiger partial charge in [-0.05, 0) is 36.2 Å². The smallest absolute Gasteiger partial charge is 0.268 e. The second-order valence-corrected chi connectivity index (χ2v) is 7.61. The summed E-state index contributed by atoms with van der Waals surface area (Å²) in [6.07, 6.45) is 2.95. The molecule has 33 heavy (non-hydrogen) atoms. The Labute approximate surface area is 188 Å². The van der Waals surface area contributed by atoms with Crippen LogP contribution >= 0.6 is 0 Å². The van der Waals surface area contributed by atoms with Crippen molar-refractivity contribution in [1.82, 2.24) is 20.3 Å². The van der Waals surface area contributed by atoms with Gasteiger partial charge < -0.3 is 14.9 Å². The standard InChI is InChI=1S/C25H19N5O3/c1-16-13-21(19-15-26-29-20-10-6-5-9-18(19)20)27-23(14-16)28-24(31)25(32,22-11-12-33-30-22)17-7-3-2-4-8-17/h2-15,32H,1H3,(H,27,28,31). The molecule has 3 aromatic heterocycles. The third-order valence-electron chi connectivity index (χ3n) is 5.36. The number of benzene rings is 2. The summed E-state index contributed by atoms with van der Waals surface area (Å²) in [5, 5.41) is 27.2. The molecule has 0 fully saturated rings. The van der Waals surface area contributed by atoms with E-state index in [0.717, 1.165) is 22.0 Å². The molecule has 0 spiro atoms. The summed E-state index contributed by atoms with van der Waals surface area (Å²) in [6, 6.07) is 21.3. The minimum absolute atomic E-state index is 0.0726. The Balaban J connectivity index is 1.55. The van der Waals surface area contributed by atoms with E-state index in [1.807, 2.05) is 37.3 Å². The van der Waals surface area contributed by atoms with Gasteiger partial charge in [-0.3, -0.25) is 4.79 Å². The van der Waals surface area contributed by atoms with Crippen LogP contribution in [0.25, 0.3) is 22.2 Å². The van der Waals surface area contributed by atoms with E-state index in [1.165, 1.54) is 12.3 Å². The lowest BCUT2D eigenvalue weighted by Crippen LogP contribution is -2.41. The summed E-state index contributed by atoms with van der Waals surface area (Å²) in [7, 11) is 0. The summed E-state index contributed by atoms with van der Waals surface area (Å²) in [5.74, 6) is -0.418. The number of hydrogen-bond acceptors (Lipinski definition) is 7. The van der Waals surface area contributed by atoms with Crippen molar-refractivity contribution < 1.29 is 14.4 Å². The average Bonchev–Trinajstić information content (AvgIpc) is 3.39. The molecule has 3 heterocycles. The van der Waals surface area contributed by atoms with Crippen LogP contribution in [0.5, 0.6) is 0 Å². The van der Waals surface area contributed by atoms with Gasteiger partial charge in [0.2, 0.25) is 5.60 Å². The molecule has 2 N–H and O–H groups in total. The fourth-order valence-electron chi connectivity index (χ4n) is 3.76. The van der Waals surface area contributed by atoms with E-state index in [1.54, 1.807) is 42.6 Å². The fraction of sp³-hybridized carbons (Fsp3) is 0.0800. The zero-order valence-electron chi connectivity index (χ0n) is 17.6. The van der Waals surface area contributed by atoms with Crippen LogP contribution in [0.1, 0.15) is 16.8 Å². The minimum atomic E-state index is -2.06. The van der Waals surface area contributed by atoms with Crippen molar-refractivity contribution in [2.45, 2.75) is 12.5 Å². The van der Waals surface area contributed by atoms with Gasteiger partial charge in [-0.2, -0.15) is 10.2 Å². The maximum Gasteiger partial charge on any atom is 0.268 e. The lowest BCUT2D eigenvalue weighted by Gasteiger charge is -2.25. The zero-order valence-corrected chi connectivity index (χ0v) is 17.6. The van der Waals surface area contributed by atoms with Crippen molar-refractivity contribution in [2.24, 2.45) is 0 Å². The van der Waals surface area contributed by atoms with Crippen molar-refractivity contribution in [2.75, 3.05) is 5.32 Å². The Morgan fingerprint density at radius 1 is 1.03 bits per heavy atom. The molecule has 0 aliphatic rings. The number of rotatable bonds is 5. The molecular formula is C25H19N5O3. The van der Waals surface area contributed by atoms with Gasteiger partial charge in [0, 0.05) is 17.0 Å². The van der Waals surface area contributed by atoms with E-state index >= 15 is 0 Å². The number of aryl methyl sites for hydroxylation is 1. The van der Waals surface area contributed by atoms with Crippen molar-refractivity contribution >= 4 is 22.6 Å². The third kappa shape index (κ3) is 3.72. The Bertz CT molecular complexity index is 1430. The predicted molar refractivity (Wildman–Crippen MR) is 122 cm³/mol.